The Morgan fingerprint density at radius 1 is 1.09 bits per heavy atom. The summed E-state index contributed by atoms with van der Waals surface area (Å²) in [6.45, 7) is 1.94. The lowest BCUT2D eigenvalue weighted by atomic mass is 10.3. The van der Waals surface area contributed by atoms with Crippen LogP contribution in [-0.4, -0.2) is 23.7 Å². The SMILES string of the molecule is CCOC(=O)C(N=Nc1ccccc1)N=Nc1ccccn1. The van der Waals surface area contributed by atoms with E-state index in [1.54, 1.807) is 43.5 Å². The molecule has 1 aromatic heterocycles. The molecule has 0 saturated heterocycles. The fourth-order valence-corrected chi connectivity index (χ4v) is 1.48. The van der Waals surface area contributed by atoms with Gasteiger partial charge in [-0.15, -0.1) is 15.3 Å². The fraction of sp³-hybridized carbons (Fsp3) is 0.200. The number of aromatic nitrogens is 1. The molecule has 1 unspecified atom stereocenters. The lowest BCUT2D eigenvalue weighted by Gasteiger charge is -2.04. The molecule has 0 amide bonds. The second kappa shape index (κ2) is 8.35. The summed E-state index contributed by atoms with van der Waals surface area (Å²) in [5, 5.41) is 15.6. The van der Waals surface area contributed by atoms with Crippen LogP contribution < -0.4 is 0 Å². The van der Waals surface area contributed by atoms with Crippen LogP contribution in [0.1, 0.15) is 6.92 Å². The van der Waals surface area contributed by atoms with Crippen molar-refractivity contribution in [2.24, 2.45) is 20.5 Å². The molecule has 0 saturated carbocycles. The number of carbonyl (C=O) groups is 1. The number of hydrogen-bond donors (Lipinski definition) is 0. The molecular formula is C15H15N5O2. The Balaban J connectivity index is 2.14. The number of esters is 1. The Bertz CT molecular complexity index is 594. The average Bonchev–Trinajstić information content (AvgIpc) is 2.57. The summed E-state index contributed by atoms with van der Waals surface area (Å²) in [6, 6.07) is 14.2. The molecule has 0 fully saturated rings. The van der Waals surface area contributed by atoms with Crippen LogP contribution in [0.5, 0.6) is 0 Å². The molecular weight excluding hydrogens is 282 g/mol. The van der Waals surface area contributed by atoms with Crippen molar-refractivity contribution >= 4 is 17.5 Å². The standard InChI is InChI=1S/C15H15N5O2/c1-2-22-15(21)14(19-17-12-8-4-3-5-9-12)20-18-13-10-6-7-11-16-13/h3-11,14H,2H2,1H3. The summed E-state index contributed by atoms with van der Waals surface area (Å²) in [4.78, 5) is 15.8. The van der Waals surface area contributed by atoms with Crippen molar-refractivity contribution in [3.8, 4) is 0 Å². The van der Waals surface area contributed by atoms with Gasteiger partial charge in [0.1, 0.15) is 0 Å². The zero-order chi connectivity index (χ0) is 15.6. The van der Waals surface area contributed by atoms with E-state index in [0.717, 1.165) is 0 Å². The number of benzene rings is 1. The molecule has 0 aliphatic heterocycles. The Hall–Kier alpha value is -2.96. The van der Waals surface area contributed by atoms with Gasteiger partial charge < -0.3 is 4.74 Å². The van der Waals surface area contributed by atoms with Crippen LogP contribution in [-0.2, 0) is 9.53 Å². The monoisotopic (exact) mass is 297 g/mol. The van der Waals surface area contributed by atoms with Crippen LogP contribution in [0.4, 0.5) is 11.5 Å². The summed E-state index contributed by atoms with van der Waals surface area (Å²) in [5.41, 5.74) is 0.616. The van der Waals surface area contributed by atoms with Crippen molar-refractivity contribution in [3.63, 3.8) is 0 Å². The van der Waals surface area contributed by atoms with E-state index in [2.05, 4.69) is 25.4 Å². The molecule has 112 valence electrons. The zero-order valence-electron chi connectivity index (χ0n) is 12.0. The summed E-state index contributed by atoms with van der Waals surface area (Å²) < 4.78 is 4.91. The van der Waals surface area contributed by atoms with Crippen molar-refractivity contribution in [3.05, 3.63) is 54.7 Å². The van der Waals surface area contributed by atoms with Gasteiger partial charge in [0.2, 0.25) is 0 Å². The lowest BCUT2D eigenvalue weighted by molar-refractivity contribution is -0.144. The van der Waals surface area contributed by atoms with Gasteiger partial charge >= 0.3 is 5.97 Å². The number of hydrogen-bond acceptors (Lipinski definition) is 7. The third kappa shape index (κ3) is 4.86. The van der Waals surface area contributed by atoms with Gasteiger partial charge in [-0.1, -0.05) is 24.3 Å². The summed E-state index contributed by atoms with van der Waals surface area (Å²) >= 11 is 0. The fourth-order valence-electron chi connectivity index (χ4n) is 1.48. The molecule has 1 aromatic carbocycles. The number of azo groups is 2. The molecule has 2 rings (SSSR count). The van der Waals surface area contributed by atoms with Crippen molar-refractivity contribution in [2.75, 3.05) is 6.61 Å². The van der Waals surface area contributed by atoms with Crippen molar-refractivity contribution in [1.29, 1.82) is 0 Å². The zero-order valence-corrected chi connectivity index (χ0v) is 12.0. The number of pyridine rings is 1. The van der Waals surface area contributed by atoms with E-state index < -0.39 is 12.1 Å². The lowest BCUT2D eigenvalue weighted by Crippen LogP contribution is -2.18. The molecule has 2 aromatic rings. The highest BCUT2D eigenvalue weighted by Crippen LogP contribution is 2.14. The van der Waals surface area contributed by atoms with E-state index in [4.69, 9.17) is 4.74 Å². The molecule has 7 heteroatoms. The maximum Gasteiger partial charge on any atom is 0.357 e. The van der Waals surface area contributed by atoms with Gasteiger partial charge in [0.05, 0.1) is 12.3 Å². The first kappa shape index (κ1) is 15.4. The van der Waals surface area contributed by atoms with Crippen LogP contribution in [0.25, 0.3) is 0 Å². The van der Waals surface area contributed by atoms with Gasteiger partial charge in [-0.3, -0.25) is 0 Å². The maximum atomic E-state index is 11.8. The number of nitrogens with zero attached hydrogens (tertiary/aromatic N) is 5. The molecule has 22 heavy (non-hydrogen) atoms. The molecule has 1 atom stereocenters. The second-order valence-electron chi connectivity index (χ2n) is 4.08. The van der Waals surface area contributed by atoms with Gasteiger partial charge in [-0.05, 0) is 31.2 Å². The molecule has 0 radical (unpaired) electrons. The van der Waals surface area contributed by atoms with Crippen LogP contribution in [0.3, 0.4) is 0 Å². The summed E-state index contributed by atoms with van der Waals surface area (Å²) in [6.07, 6.45) is 0.432. The predicted molar refractivity (Wildman–Crippen MR) is 80.1 cm³/mol. The molecule has 1 heterocycles. The summed E-state index contributed by atoms with van der Waals surface area (Å²) in [7, 11) is 0. The Kier molecular flexibility index (Phi) is 5.86. The Labute approximate surface area is 127 Å². The van der Waals surface area contributed by atoms with Crippen molar-refractivity contribution < 1.29 is 9.53 Å². The highest BCUT2D eigenvalue weighted by atomic mass is 16.5. The average molecular weight is 297 g/mol. The molecule has 0 spiro atoms. The minimum atomic E-state index is -1.15. The third-order valence-electron chi connectivity index (χ3n) is 2.46. The Morgan fingerprint density at radius 3 is 2.50 bits per heavy atom. The molecule has 0 N–H and O–H groups in total. The molecule has 0 bridgehead atoms. The first-order chi connectivity index (χ1) is 10.8. The smallest absolute Gasteiger partial charge is 0.357 e. The molecule has 0 aliphatic carbocycles. The van der Waals surface area contributed by atoms with E-state index in [9.17, 15) is 4.79 Å². The van der Waals surface area contributed by atoms with Gasteiger partial charge in [0.15, 0.2) is 5.82 Å². The normalized spacial score (nSPS) is 12.6. The molecule has 0 aliphatic rings. The van der Waals surface area contributed by atoms with E-state index in [-0.39, 0.29) is 6.61 Å². The van der Waals surface area contributed by atoms with Crippen molar-refractivity contribution in [1.82, 2.24) is 4.98 Å². The molecule has 7 nitrogen and oxygen atoms in total. The first-order valence-electron chi connectivity index (χ1n) is 6.74. The van der Waals surface area contributed by atoms with Gasteiger partial charge in [-0.25, -0.2) is 9.78 Å². The van der Waals surface area contributed by atoms with Crippen LogP contribution in [0, 0.1) is 0 Å². The van der Waals surface area contributed by atoms with E-state index in [1.807, 2.05) is 18.2 Å². The van der Waals surface area contributed by atoms with E-state index >= 15 is 0 Å². The van der Waals surface area contributed by atoms with E-state index in [1.165, 1.54) is 0 Å². The number of rotatable bonds is 6. The van der Waals surface area contributed by atoms with E-state index in [0.29, 0.717) is 11.5 Å². The van der Waals surface area contributed by atoms with Gasteiger partial charge in [0, 0.05) is 6.20 Å². The number of carbonyl (C=O) groups excluding carboxylic acids is 1. The van der Waals surface area contributed by atoms with Crippen LogP contribution >= 0.6 is 0 Å². The van der Waals surface area contributed by atoms with Gasteiger partial charge in [-0.2, -0.15) is 5.11 Å². The van der Waals surface area contributed by atoms with Crippen LogP contribution in [0.15, 0.2) is 75.2 Å². The third-order valence-corrected chi connectivity index (χ3v) is 2.46. The van der Waals surface area contributed by atoms with Crippen LogP contribution in [0.2, 0.25) is 0 Å². The predicted octanol–water partition coefficient (Wildman–Crippen LogP) is 3.84. The largest absolute Gasteiger partial charge is 0.463 e. The quantitative estimate of drug-likeness (QED) is 0.599. The Morgan fingerprint density at radius 2 is 1.82 bits per heavy atom. The maximum absolute atomic E-state index is 11.8. The van der Waals surface area contributed by atoms with Gasteiger partial charge in [0.25, 0.3) is 6.17 Å². The second-order valence-corrected chi connectivity index (χ2v) is 4.08. The number of ether oxygens (including phenoxy) is 1. The summed E-state index contributed by atoms with van der Waals surface area (Å²) in [5.74, 6) is -0.228. The minimum Gasteiger partial charge on any atom is -0.463 e. The highest BCUT2D eigenvalue weighted by Gasteiger charge is 2.18. The topological polar surface area (TPSA) is 88.6 Å². The first-order valence-corrected chi connectivity index (χ1v) is 6.74. The van der Waals surface area contributed by atoms with Crippen molar-refractivity contribution in [2.45, 2.75) is 13.1 Å². The highest BCUT2D eigenvalue weighted by molar-refractivity contribution is 5.75. The minimum absolute atomic E-state index is 0.231.